The van der Waals surface area contributed by atoms with Gasteiger partial charge in [0.05, 0.1) is 17.6 Å². The first-order valence-electron chi connectivity index (χ1n) is 9.58. The zero-order valence-electron chi connectivity index (χ0n) is 17.2. The summed E-state index contributed by atoms with van der Waals surface area (Å²) in [4.78, 5) is 50.9. The lowest BCUT2D eigenvalue weighted by molar-refractivity contribution is 0.0696. The number of hydrogen-bond acceptors (Lipinski definition) is 4. The highest BCUT2D eigenvalue weighted by Crippen LogP contribution is 2.18. The highest BCUT2D eigenvalue weighted by atomic mass is 79.9. The topological polar surface area (TPSA) is 121 Å². The molecule has 4 aromatic rings. The number of benzene rings is 2. The van der Waals surface area contributed by atoms with Crippen molar-refractivity contribution in [2.24, 2.45) is 0 Å². The molecule has 0 atom stereocenters. The molecule has 0 unspecified atom stereocenters. The number of rotatable bonds is 5. The summed E-state index contributed by atoms with van der Waals surface area (Å²) in [5.41, 5.74) is -1.86. The van der Waals surface area contributed by atoms with Crippen molar-refractivity contribution in [2.75, 3.05) is 5.32 Å². The van der Waals surface area contributed by atoms with Gasteiger partial charge in [-0.25, -0.2) is 13.6 Å². The van der Waals surface area contributed by atoms with Crippen LogP contribution in [-0.2, 0) is 6.54 Å². The number of carboxylic acid groups (broad SMARTS) is 1. The molecular formula is C23H16BrF2N3O5. The Morgan fingerprint density at radius 1 is 0.971 bits per heavy atom. The Bertz CT molecular complexity index is 1510. The van der Waals surface area contributed by atoms with E-state index in [1.807, 2.05) is 0 Å². The number of fused-ring (bicyclic) bond motifs is 1. The maximum absolute atomic E-state index is 14.2. The number of nitrogens with zero attached hydrogens (tertiary/aromatic N) is 1. The van der Waals surface area contributed by atoms with Crippen molar-refractivity contribution in [3.8, 4) is 0 Å². The van der Waals surface area contributed by atoms with Crippen molar-refractivity contribution in [2.45, 2.75) is 6.54 Å². The average Bonchev–Trinajstić information content (AvgIpc) is 2.78. The first kappa shape index (κ1) is 24.5. The molecule has 8 nitrogen and oxygen atoms in total. The number of aromatic nitrogens is 2. The number of anilines is 1. The molecule has 174 valence electrons. The lowest BCUT2D eigenvalue weighted by atomic mass is 10.1. The number of nitrogens with one attached hydrogen (secondary N) is 2. The molecule has 3 N–H and O–H groups in total. The minimum Gasteiger partial charge on any atom is -0.478 e. The lowest BCUT2D eigenvalue weighted by Crippen LogP contribution is -2.26. The van der Waals surface area contributed by atoms with E-state index in [2.05, 4.69) is 10.3 Å². The summed E-state index contributed by atoms with van der Waals surface area (Å²) in [5, 5.41) is 11.4. The average molecular weight is 532 g/mol. The fourth-order valence-corrected chi connectivity index (χ4v) is 3.34. The second-order valence-corrected chi connectivity index (χ2v) is 7.12. The largest absolute Gasteiger partial charge is 0.478 e. The molecule has 34 heavy (non-hydrogen) atoms. The molecule has 0 saturated heterocycles. The van der Waals surface area contributed by atoms with Gasteiger partial charge in [0, 0.05) is 23.5 Å². The molecule has 0 spiro atoms. The van der Waals surface area contributed by atoms with E-state index in [0.29, 0.717) is 0 Å². The lowest BCUT2D eigenvalue weighted by Gasteiger charge is -2.14. The van der Waals surface area contributed by atoms with Gasteiger partial charge in [-0.2, -0.15) is 0 Å². The fraction of sp³-hybridized carbons (Fsp3) is 0.0435. The van der Waals surface area contributed by atoms with Crippen LogP contribution in [0.1, 0.15) is 26.3 Å². The highest BCUT2D eigenvalue weighted by Gasteiger charge is 2.18. The molecule has 0 bridgehead atoms. The number of pyridine rings is 2. The van der Waals surface area contributed by atoms with Crippen molar-refractivity contribution in [1.82, 2.24) is 9.55 Å². The molecule has 0 aliphatic heterocycles. The molecule has 2 aromatic heterocycles. The van der Waals surface area contributed by atoms with E-state index in [-0.39, 0.29) is 56.9 Å². The summed E-state index contributed by atoms with van der Waals surface area (Å²) in [5.74, 6) is -3.61. The van der Waals surface area contributed by atoms with E-state index in [4.69, 9.17) is 5.11 Å². The van der Waals surface area contributed by atoms with Crippen LogP contribution in [0.15, 0.2) is 70.4 Å². The monoisotopic (exact) mass is 531 g/mol. The Kier molecular flexibility index (Phi) is 7.06. The Morgan fingerprint density at radius 2 is 1.62 bits per heavy atom. The third-order valence-electron chi connectivity index (χ3n) is 4.99. The van der Waals surface area contributed by atoms with Crippen LogP contribution in [0.25, 0.3) is 11.0 Å². The molecule has 0 aliphatic carbocycles. The zero-order chi connectivity index (χ0) is 23.7. The molecule has 0 aliphatic rings. The number of carboxylic acids is 1. The van der Waals surface area contributed by atoms with Gasteiger partial charge in [0.15, 0.2) is 0 Å². The van der Waals surface area contributed by atoms with Crippen LogP contribution >= 0.6 is 17.0 Å². The Hall–Kier alpha value is -4.12. The smallest absolute Gasteiger partial charge is 0.335 e. The number of carbonyl (C=O) groups excluding carboxylic acids is 1. The van der Waals surface area contributed by atoms with Gasteiger partial charge in [0.1, 0.15) is 22.7 Å². The second-order valence-electron chi connectivity index (χ2n) is 7.12. The fourth-order valence-electron chi connectivity index (χ4n) is 3.34. The van der Waals surface area contributed by atoms with Crippen LogP contribution in [0, 0.1) is 11.6 Å². The minimum absolute atomic E-state index is 0. The number of H-pyrrole nitrogens is 1. The van der Waals surface area contributed by atoms with Crippen LogP contribution in [-0.4, -0.2) is 26.5 Å². The van der Waals surface area contributed by atoms with Crippen LogP contribution in [0.5, 0.6) is 0 Å². The Morgan fingerprint density at radius 3 is 2.24 bits per heavy atom. The highest BCUT2D eigenvalue weighted by molar-refractivity contribution is 8.93. The Labute approximate surface area is 200 Å². The van der Waals surface area contributed by atoms with Crippen LogP contribution in [0.4, 0.5) is 14.5 Å². The van der Waals surface area contributed by atoms with Gasteiger partial charge in [-0.1, -0.05) is 6.07 Å². The molecule has 11 heteroatoms. The van der Waals surface area contributed by atoms with Crippen LogP contribution < -0.4 is 16.3 Å². The van der Waals surface area contributed by atoms with E-state index in [9.17, 15) is 28.0 Å². The van der Waals surface area contributed by atoms with E-state index in [0.717, 1.165) is 24.4 Å². The molecule has 1 amide bonds. The van der Waals surface area contributed by atoms with Gasteiger partial charge in [-0.3, -0.25) is 14.4 Å². The van der Waals surface area contributed by atoms with Crippen LogP contribution in [0.2, 0.25) is 0 Å². The zero-order valence-corrected chi connectivity index (χ0v) is 18.9. The van der Waals surface area contributed by atoms with Crippen molar-refractivity contribution in [3.05, 3.63) is 110 Å². The number of hydrogen-bond donors (Lipinski definition) is 3. The van der Waals surface area contributed by atoms with Gasteiger partial charge in [-0.05, 0) is 42.5 Å². The summed E-state index contributed by atoms with van der Waals surface area (Å²) < 4.78 is 29.7. The maximum atomic E-state index is 14.2. The van der Waals surface area contributed by atoms with Crippen molar-refractivity contribution in [3.63, 3.8) is 0 Å². The first-order valence-corrected chi connectivity index (χ1v) is 9.58. The van der Waals surface area contributed by atoms with E-state index in [1.54, 1.807) is 0 Å². The van der Waals surface area contributed by atoms with E-state index in [1.165, 1.54) is 41.0 Å². The van der Waals surface area contributed by atoms with Gasteiger partial charge >= 0.3 is 5.97 Å². The molecular weight excluding hydrogens is 516 g/mol. The number of halogens is 3. The van der Waals surface area contributed by atoms with Crippen molar-refractivity contribution < 1.29 is 23.5 Å². The molecule has 2 heterocycles. The minimum atomic E-state index is -1.14. The SMILES string of the molecule is Br.O=C(O)c1ccc(NC(=O)c2cn(Cc3c(F)cccc3F)c3ccc(=O)[nH]c3c2=O)cc1. The summed E-state index contributed by atoms with van der Waals surface area (Å²) >= 11 is 0. The molecule has 4 rings (SSSR count). The third-order valence-corrected chi connectivity index (χ3v) is 4.99. The number of carbonyl (C=O) groups is 2. The second kappa shape index (κ2) is 9.79. The third kappa shape index (κ3) is 4.79. The molecule has 0 saturated carbocycles. The van der Waals surface area contributed by atoms with Gasteiger partial charge in [0.2, 0.25) is 11.0 Å². The first-order chi connectivity index (χ1) is 15.7. The summed E-state index contributed by atoms with van der Waals surface area (Å²) in [6.07, 6.45) is 1.15. The normalized spacial score (nSPS) is 10.5. The van der Waals surface area contributed by atoms with Crippen molar-refractivity contribution >= 4 is 45.6 Å². The molecule has 0 fully saturated rings. The van der Waals surface area contributed by atoms with Gasteiger partial charge < -0.3 is 20.0 Å². The number of amides is 1. The quantitative estimate of drug-likeness (QED) is 0.363. The number of aromatic carboxylic acids is 1. The summed E-state index contributed by atoms with van der Waals surface area (Å²) in [7, 11) is 0. The van der Waals surface area contributed by atoms with Gasteiger partial charge in [-0.15, -0.1) is 17.0 Å². The van der Waals surface area contributed by atoms with Crippen LogP contribution in [0.3, 0.4) is 0 Å². The van der Waals surface area contributed by atoms with Gasteiger partial charge in [0.25, 0.3) is 5.91 Å². The standard InChI is InChI=1S/C23H15F2N3O5.BrH/c24-16-2-1-3-17(25)14(16)10-28-11-15(21(30)20-18(28)8-9-19(29)27-20)22(31)26-13-6-4-12(5-7-13)23(32)33;/h1-9,11H,10H2,(H,26,31)(H,27,29)(H,32,33);1H. The number of aromatic amines is 1. The summed E-state index contributed by atoms with van der Waals surface area (Å²) in [6.45, 7) is -0.352. The van der Waals surface area contributed by atoms with E-state index < -0.39 is 34.5 Å². The molecule has 0 radical (unpaired) electrons. The maximum Gasteiger partial charge on any atom is 0.335 e. The predicted molar refractivity (Wildman–Crippen MR) is 126 cm³/mol. The van der Waals surface area contributed by atoms with E-state index >= 15 is 0 Å². The predicted octanol–water partition coefficient (Wildman–Crippen LogP) is 3.54. The van der Waals surface area contributed by atoms with Crippen molar-refractivity contribution in [1.29, 1.82) is 0 Å². The molecule has 2 aromatic carbocycles. The summed E-state index contributed by atoms with van der Waals surface area (Å²) in [6, 6.07) is 11.1. The Balaban J connectivity index is 0.00000324.